The molecule has 0 unspecified atom stereocenters. The van der Waals surface area contributed by atoms with E-state index >= 15 is 0 Å². The van der Waals surface area contributed by atoms with Crippen LogP contribution in [-0.2, 0) is 22.9 Å². The second-order valence-electron chi connectivity index (χ2n) is 6.24. The maximum Gasteiger partial charge on any atom is 0.431 e. The molecule has 1 aliphatic rings. The molecule has 1 aliphatic heterocycles. The van der Waals surface area contributed by atoms with E-state index < -0.39 is 40.6 Å². The molecule has 10 nitrogen and oxygen atoms in total. The Labute approximate surface area is 175 Å². The molecule has 0 atom stereocenters. The highest BCUT2D eigenvalue weighted by molar-refractivity contribution is 6.34. The number of nitrogens with one attached hydrogen (secondary N) is 1. The van der Waals surface area contributed by atoms with Gasteiger partial charge in [0.2, 0.25) is 0 Å². The van der Waals surface area contributed by atoms with Crippen molar-refractivity contribution in [2.45, 2.75) is 13.1 Å². The minimum atomic E-state index is -4.97. The Kier molecular flexibility index (Phi) is 5.54. The molecule has 0 fully saturated rings. The van der Waals surface area contributed by atoms with Gasteiger partial charge in [-0.05, 0) is 12.1 Å². The van der Waals surface area contributed by atoms with Gasteiger partial charge in [-0.1, -0.05) is 11.6 Å². The Hall–Kier alpha value is -3.39. The first-order valence-corrected chi connectivity index (χ1v) is 8.66. The van der Waals surface area contributed by atoms with Crippen molar-refractivity contribution >= 4 is 23.4 Å². The van der Waals surface area contributed by atoms with Gasteiger partial charge in [-0.3, -0.25) is 14.2 Å². The average molecular weight is 465 g/mol. The van der Waals surface area contributed by atoms with Crippen molar-refractivity contribution in [2.24, 2.45) is 12.1 Å². The van der Waals surface area contributed by atoms with Crippen LogP contribution in [0, 0.1) is 5.82 Å². The summed E-state index contributed by atoms with van der Waals surface area (Å²) in [6.07, 6.45) is -4.97. The molecule has 0 spiro atoms. The van der Waals surface area contributed by atoms with E-state index in [1.165, 1.54) is 7.05 Å². The molecule has 1 aromatic heterocycles. The van der Waals surface area contributed by atoms with E-state index in [0.717, 1.165) is 36.4 Å². The molecule has 0 radical (unpaired) electrons. The highest BCUT2D eigenvalue weighted by atomic mass is 35.5. The third-order valence-electron chi connectivity index (χ3n) is 4.16. The van der Waals surface area contributed by atoms with Crippen LogP contribution >= 0.6 is 11.6 Å². The second kappa shape index (κ2) is 7.70. The minimum absolute atomic E-state index is 0.00992. The largest absolute Gasteiger partial charge is 0.431 e. The SMILES string of the molecule is CC(=O)ON1NN=C(c2cc(-n3c(=O)cc(C(F)(F)F)n(C)c3=O)c(F)cc2Cl)N1C. The Morgan fingerprint density at radius 3 is 2.42 bits per heavy atom. The average Bonchev–Trinajstić information content (AvgIpc) is 2.99. The fraction of sp³-hybridized carbons (Fsp3) is 0.250. The molecule has 0 saturated carbocycles. The van der Waals surface area contributed by atoms with E-state index in [4.69, 9.17) is 16.4 Å². The Bertz CT molecular complexity index is 1220. The molecule has 0 bridgehead atoms. The molecule has 166 valence electrons. The molecule has 2 aromatic rings. The highest BCUT2D eigenvalue weighted by Crippen LogP contribution is 2.28. The number of nitrogens with zero attached hydrogens (tertiary/aromatic N) is 5. The molecule has 3 rings (SSSR count). The quantitative estimate of drug-likeness (QED) is 0.680. The van der Waals surface area contributed by atoms with Gasteiger partial charge in [-0.2, -0.15) is 18.7 Å². The summed E-state index contributed by atoms with van der Waals surface area (Å²) in [5.74, 6) is -1.84. The topological polar surface area (TPSA) is 101 Å². The Balaban J connectivity index is 2.16. The summed E-state index contributed by atoms with van der Waals surface area (Å²) < 4.78 is 54.2. The molecule has 0 amide bonds. The zero-order valence-corrected chi connectivity index (χ0v) is 16.7. The molecule has 0 saturated heterocycles. The number of amidine groups is 1. The monoisotopic (exact) mass is 464 g/mol. The van der Waals surface area contributed by atoms with Crippen LogP contribution in [0.5, 0.6) is 0 Å². The van der Waals surface area contributed by atoms with Crippen LogP contribution in [0.3, 0.4) is 0 Å². The second-order valence-corrected chi connectivity index (χ2v) is 6.65. The summed E-state index contributed by atoms with van der Waals surface area (Å²) >= 11 is 6.06. The third-order valence-corrected chi connectivity index (χ3v) is 4.48. The van der Waals surface area contributed by atoms with Gasteiger partial charge < -0.3 is 4.84 Å². The van der Waals surface area contributed by atoms with Crippen molar-refractivity contribution in [3.05, 3.63) is 61.1 Å². The van der Waals surface area contributed by atoms with Crippen molar-refractivity contribution in [2.75, 3.05) is 7.05 Å². The molecule has 15 heteroatoms. The molecule has 2 heterocycles. The maximum atomic E-state index is 14.6. The van der Waals surface area contributed by atoms with Crippen LogP contribution in [0.2, 0.25) is 5.02 Å². The molecule has 31 heavy (non-hydrogen) atoms. The summed E-state index contributed by atoms with van der Waals surface area (Å²) in [6, 6.07) is 1.90. The summed E-state index contributed by atoms with van der Waals surface area (Å²) in [5, 5.41) is 5.66. The lowest BCUT2D eigenvalue weighted by molar-refractivity contribution is -0.256. The van der Waals surface area contributed by atoms with E-state index in [1.54, 1.807) is 0 Å². The van der Waals surface area contributed by atoms with E-state index in [-0.39, 0.29) is 31.6 Å². The van der Waals surface area contributed by atoms with Gasteiger partial charge in [0.25, 0.3) is 5.56 Å². The summed E-state index contributed by atoms with van der Waals surface area (Å²) in [4.78, 5) is 40.7. The van der Waals surface area contributed by atoms with Crippen molar-refractivity contribution in [3.8, 4) is 5.69 Å². The van der Waals surface area contributed by atoms with Gasteiger partial charge in [0.1, 0.15) is 11.5 Å². The van der Waals surface area contributed by atoms with Crippen LogP contribution in [0.1, 0.15) is 18.2 Å². The molecular formula is C16H13ClF4N6O4. The van der Waals surface area contributed by atoms with Crippen LogP contribution in [0.25, 0.3) is 5.69 Å². The minimum Gasteiger partial charge on any atom is -0.328 e. The first-order chi connectivity index (χ1) is 14.3. The van der Waals surface area contributed by atoms with Gasteiger partial charge >= 0.3 is 17.8 Å². The van der Waals surface area contributed by atoms with Gasteiger partial charge in [0, 0.05) is 32.6 Å². The van der Waals surface area contributed by atoms with Gasteiger partial charge in [-0.25, -0.2) is 18.8 Å². The van der Waals surface area contributed by atoms with Crippen molar-refractivity contribution in [3.63, 3.8) is 0 Å². The lowest BCUT2D eigenvalue weighted by atomic mass is 10.1. The zero-order valence-electron chi connectivity index (χ0n) is 16.0. The first kappa shape index (κ1) is 22.3. The third kappa shape index (κ3) is 3.98. The lowest BCUT2D eigenvalue weighted by Crippen LogP contribution is -2.44. The highest BCUT2D eigenvalue weighted by Gasteiger charge is 2.35. The van der Waals surface area contributed by atoms with Crippen LogP contribution in [0.15, 0.2) is 32.9 Å². The number of rotatable bonds is 3. The number of aromatic nitrogens is 2. The number of hydrazine groups is 2. The fourth-order valence-electron chi connectivity index (χ4n) is 2.75. The first-order valence-electron chi connectivity index (χ1n) is 8.28. The molecule has 1 aromatic carbocycles. The number of hydrazone groups is 1. The van der Waals surface area contributed by atoms with Crippen molar-refractivity contribution < 1.29 is 27.2 Å². The number of hydrogen-bond donors (Lipinski definition) is 1. The smallest absolute Gasteiger partial charge is 0.328 e. The van der Waals surface area contributed by atoms with Crippen molar-refractivity contribution in [1.29, 1.82) is 0 Å². The molecule has 1 N–H and O–H groups in total. The fourth-order valence-corrected chi connectivity index (χ4v) is 2.99. The maximum absolute atomic E-state index is 14.6. The van der Waals surface area contributed by atoms with Gasteiger partial charge in [0.15, 0.2) is 5.84 Å². The van der Waals surface area contributed by atoms with E-state index in [1.807, 2.05) is 0 Å². The Morgan fingerprint density at radius 2 is 1.84 bits per heavy atom. The standard InChI is InChI=1S/C16H13ClF4N6O4/c1-7(28)31-27-23-22-14(25(27)3)8-4-11(10(18)5-9(8)17)26-13(29)6-12(16(19,20)21)24(2)15(26)30/h4-6,23H,1-3H3. The number of halogens is 5. The van der Waals surface area contributed by atoms with Crippen LogP contribution in [0.4, 0.5) is 17.6 Å². The predicted molar refractivity (Wildman–Crippen MR) is 98.3 cm³/mol. The number of hydrogen-bond acceptors (Lipinski definition) is 8. The van der Waals surface area contributed by atoms with E-state index in [0.29, 0.717) is 0 Å². The number of benzene rings is 1. The molecule has 0 aliphatic carbocycles. The summed E-state index contributed by atoms with van der Waals surface area (Å²) in [7, 11) is 2.19. The van der Waals surface area contributed by atoms with Crippen molar-refractivity contribution in [1.82, 2.24) is 25.0 Å². The van der Waals surface area contributed by atoms with E-state index in [9.17, 15) is 31.9 Å². The normalized spacial score (nSPS) is 14.5. The summed E-state index contributed by atoms with van der Waals surface area (Å²) in [5.41, 5.74) is -2.65. The van der Waals surface area contributed by atoms with Crippen LogP contribution < -0.4 is 16.8 Å². The van der Waals surface area contributed by atoms with Gasteiger partial charge in [-0.15, -0.1) is 5.10 Å². The zero-order chi connectivity index (χ0) is 23.2. The predicted octanol–water partition coefficient (Wildman–Crippen LogP) is 1.15. The Morgan fingerprint density at radius 1 is 1.19 bits per heavy atom. The van der Waals surface area contributed by atoms with Gasteiger partial charge in [0.05, 0.1) is 16.0 Å². The van der Waals surface area contributed by atoms with Crippen LogP contribution in [-0.4, -0.2) is 38.3 Å². The number of carbonyl (C=O) groups excluding carboxylic acids is 1. The molecular weight excluding hydrogens is 452 g/mol. The van der Waals surface area contributed by atoms with E-state index in [2.05, 4.69) is 10.6 Å². The summed E-state index contributed by atoms with van der Waals surface area (Å²) in [6.45, 7) is 1.13. The number of alkyl halides is 3. The lowest BCUT2D eigenvalue weighted by Gasteiger charge is -2.23. The number of carbonyl (C=O) groups is 1.